The number of nitrogens with two attached hydrogens (primary N) is 1. The molecule has 2 amide bonds. The van der Waals surface area contributed by atoms with Gasteiger partial charge >= 0.3 is 0 Å². The maximum Gasteiger partial charge on any atom is 0.259 e. The lowest BCUT2D eigenvalue weighted by molar-refractivity contribution is -0.138. The van der Waals surface area contributed by atoms with E-state index in [9.17, 15) is 9.59 Å². The molecule has 1 saturated heterocycles. The molecule has 0 aliphatic carbocycles. The van der Waals surface area contributed by atoms with Crippen molar-refractivity contribution in [3.8, 4) is 0 Å². The van der Waals surface area contributed by atoms with Crippen LogP contribution in [0.5, 0.6) is 0 Å². The summed E-state index contributed by atoms with van der Waals surface area (Å²) in [6.45, 7) is 1.69. The molecule has 1 aromatic carbocycles. The van der Waals surface area contributed by atoms with E-state index in [-0.39, 0.29) is 25.0 Å². The highest BCUT2D eigenvalue weighted by atomic mass is 16.5. The van der Waals surface area contributed by atoms with E-state index in [4.69, 9.17) is 10.5 Å². The fourth-order valence-electron chi connectivity index (χ4n) is 1.63. The number of hydrogen-bond acceptors (Lipinski definition) is 4. The van der Waals surface area contributed by atoms with Gasteiger partial charge < -0.3 is 10.5 Å². The summed E-state index contributed by atoms with van der Waals surface area (Å²) in [6.07, 6.45) is 0. The molecule has 1 fully saturated rings. The minimum absolute atomic E-state index is 0.0695. The van der Waals surface area contributed by atoms with Crippen molar-refractivity contribution in [2.45, 2.75) is 6.92 Å². The number of carbonyl (C=O) groups is 2. The van der Waals surface area contributed by atoms with Gasteiger partial charge in [-0.25, -0.2) is 4.90 Å². The summed E-state index contributed by atoms with van der Waals surface area (Å²) in [5.74, 6) is -0.713. The first-order valence-electron chi connectivity index (χ1n) is 4.89. The Labute approximate surface area is 92.8 Å². The predicted octanol–water partition coefficient (Wildman–Crippen LogP) is 0.467. The Hall–Kier alpha value is -1.88. The molecule has 2 N–H and O–H groups in total. The first-order valence-corrected chi connectivity index (χ1v) is 4.89. The van der Waals surface area contributed by atoms with E-state index >= 15 is 0 Å². The Bertz CT molecular complexity index is 441. The van der Waals surface area contributed by atoms with Crippen LogP contribution in [0.4, 0.5) is 11.4 Å². The quantitative estimate of drug-likeness (QED) is 0.551. The van der Waals surface area contributed by atoms with Gasteiger partial charge in [0.1, 0.15) is 13.2 Å². The fourth-order valence-corrected chi connectivity index (χ4v) is 1.63. The molecule has 1 aliphatic heterocycles. The van der Waals surface area contributed by atoms with Crippen LogP contribution in [0.2, 0.25) is 0 Å². The largest absolute Gasteiger partial charge is 0.399 e. The van der Waals surface area contributed by atoms with Gasteiger partial charge in [0, 0.05) is 5.69 Å². The van der Waals surface area contributed by atoms with Gasteiger partial charge in [-0.2, -0.15) is 0 Å². The van der Waals surface area contributed by atoms with Crippen molar-refractivity contribution in [2.75, 3.05) is 23.8 Å². The molecule has 0 bridgehead atoms. The Kier molecular flexibility index (Phi) is 2.62. The summed E-state index contributed by atoms with van der Waals surface area (Å²) in [7, 11) is 0. The molecule has 5 heteroatoms. The SMILES string of the molecule is Cc1ccc(N)cc1N1C(=O)COCC1=O. The third-order valence-electron chi connectivity index (χ3n) is 2.42. The highest BCUT2D eigenvalue weighted by Gasteiger charge is 2.29. The minimum atomic E-state index is -0.357. The van der Waals surface area contributed by atoms with Gasteiger partial charge in [-0.1, -0.05) is 6.07 Å². The zero-order chi connectivity index (χ0) is 11.7. The number of aryl methyl sites for hydroxylation is 1. The smallest absolute Gasteiger partial charge is 0.259 e. The maximum atomic E-state index is 11.6. The Morgan fingerprint density at radius 3 is 2.50 bits per heavy atom. The topological polar surface area (TPSA) is 72.6 Å². The summed E-state index contributed by atoms with van der Waals surface area (Å²) in [4.78, 5) is 24.4. The minimum Gasteiger partial charge on any atom is -0.399 e. The lowest BCUT2D eigenvalue weighted by Crippen LogP contribution is -2.46. The third kappa shape index (κ3) is 1.77. The van der Waals surface area contributed by atoms with Crippen LogP contribution in [0.3, 0.4) is 0 Å². The number of carbonyl (C=O) groups excluding carboxylic acids is 2. The number of morpholine rings is 1. The van der Waals surface area contributed by atoms with Crippen molar-refractivity contribution in [2.24, 2.45) is 0 Å². The molecule has 0 radical (unpaired) electrons. The van der Waals surface area contributed by atoms with Crippen molar-refractivity contribution in [3.05, 3.63) is 23.8 Å². The number of anilines is 2. The fraction of sp³-hybridized carbons (Fsp3) is 0.273. The zero-order valence-corrected chi connectivity index (χ0v) is 8.90. The molecule has 1 aliphatic rings. The van der Waals surface area contributed by atoms with Crippen molar-refractivity contribution >= 4 is 23.2 Å². The number of ether oxygens (including phenoxy) is 1. The molecule has 1 heterocycles. The molecule has 1 aromatic rings. The predicted molar refractivity (Wildman–Crippen MR) is 58.9 cm³/mol. The van der Waals surface area contributed by atoms with Crippen LogP contribution in [0.1, 0.15) is 5.56 Å². The molecular weight excluding hydrogens is 208 g/mol. The van der Waals surface area contributed by atoms with Gasteiger partial charge in [-0.3, -0.25) is 9.59 Å². The third-order valence-corrected chi connectivity index (χ3v) is 2.42. The molecular formula is C11H12N2O3. The average molecular weight is 220 g/mol. The first kappa shape index (κ1) is 10.6. The number of imide groups is 1. The highest BCUT2D eigenvalue weighted by Crippen LogP contribution is 2.24. The van der Waals surface area contributed by atoms with Crippen LogP contribution >= 0.6 is 0 Å². The van der Waals surface area contributed by atoms with E-state index in [0.717, 1.165) is 10.5 Å². The number of benzene rings is 1. The summed E-state index contributed by atoms with van der Waals surface area (Å²) in [5, 5.41) is 0. The van der Waals surface area contributed by atoms with E-state index in [1.807, 2.05) is 6.92 Å². The number of nitrogens with zero attached hydrogens (tertiary/aromatic N) is 1. The van der Waals surface area contributed by atoms with Gasteiger partial charge in [0.25, 0.3) is 11.8 Å². The monoisotopic (exact) mass is 220 g/mol. The van der Waals surface area contributed by atoms with E-state index < -0.39 is 0 Å². The molecule has 0 unspecified atom stereocenters. The average Bonchev–Trinajstić information content (AvgIpc) is 2.23. The van der Waals surface area contributed by atoms with E-state index in [0.29, 0.717) is 11.4 Å². The summed E-state index contributed by atoms with van der Waals surface area (Å²) < 4.78 is 4.84. The van der Waals surface area contributed by atoms with Crippen molar-refractivity contribution in [1.29, 1.82) is 0 Å². The summed E-state index contributed by atoms with van der Waals surface area (Å²) in [5.41, 5.74) is 7.54. The molecule has 0 spiro atoms. The zero-order valence-electron chi connectivity index (χ0n) is 8.90. The number of amides is 2. The van der Waals surface area contributed by atoms with E-state index in [1.165, 1.54) is 0 Å². The lowest BCUT2D eigenvalue weighted by atomic mass is 10.1. The second-order valence-electron chi connectivity index (χ2n) is 3.66. The van der Waals surface area contributed by atoms with Crippen LogP contribution in [0.25, 0.3) is 0 Å². The Balaban J connectivity index is 2.45. The molecule has 84 valence electrons. The molecule has 2 rings (SSSR count). The van der Waals surface area contributed by atoms with E-state index in [1.54, 1.807) is 18.2 Å². The van der Waals surface area contributed by atoms with Crippen molar-refractivity contribution in [3.63, 3.8) is 0 Å². The second-order valence-corrected chi connectivity index (χ2v) is 3.66. The molecule has 0 aromatic heterocycles. The standard InChI is InChI=1S/C11H12N2O3/c1-7-2-3-8(12)4-9(7)13-10(14)5-16-6-11(13)15/h2-4H,5-6,12H2,1H3. The van der Waals surface area contributed by atoms with Gasteiger partial charge in [-0.15, -0.1) is 0 Å². The Morgan fingerprint density at radius 1 is 1.25 bits per heavy atom. The van der Waals surface area contributed by atoms with Crippen LogP contribution in [-0.2, 0) is 14.3 Å². The number of nitrogen functional groups attached to an aromatic ring is 1. The van der Waals surface area contributed by atoms with Gasteiger partial charge in [0.05, 0.1) is 5.69 Å². The molecule has 5 nitrogen and oxygen atoms in total. The molecule has 0 saturated carbocycles. The van der Waals surface area contributed by atoms with Crippen molar-refractivity contribution < 1.29 is 14.3 Å². The van der Waals surface area contributed by atoms with Crippen LogP contribution in [-0.4, -0.2) is 25.0 Å². The number of hydrogen-bond donors (Lipinski definition) is 1. The maximum absolute atomic E-state index is 11.6. The molecule has 16 heavy (non-hydrogen) atoms. The van der Waals surface area contributed by atoms with E-state index in [2.05, 4.69) is 0 Å². The van der Waals surface area contributed by atoms with Crippen LogP contribution in [0.15, 0.2) is 18.2 Å². The summed E-state index contributed by atoms with van der Waals surface area (Å²) >= 11 is 0. The molecule has 0 atom stereocenters. The Morgan fingerprint density at radius 2 is 1.88 bits per heavy atom. The van der Waals surface area contributed by atoms with Gasteiger partial charge in [-0.05, 0) is 24.6 Å². The normalized spacial score (nSPS) is 16.7. The lowest BCUT2D eigenvalue weighted by Gasteiger charge is -2.26. The highest BCUT2D eigenvalue weighted by molar-refractivity contribution is 6.17. The van der Waals surface area contributed by atoms with Crippen molar-refractivity contribution in [1.82, 2.24) is 0 Å². The summed E-state index contributed by atoms with van der Waals surface area (Å²) in [6, 6.07) is 5.13. The van der Waals surface area contributed by atoms with Crippen LogP contribution < -0.4 is 10.6 Å². The van der Waals surface area contributed by atoms with Gasteiger partial charge in [0.15, 0.2) is 0 Å². The second kappa shape index (κ2) is 3.94. The first-order chi connectivity index (χ1) is 7.59. The van der Waals surface area contributed by atoms with Crippen LogP contribution in [0, 0.1) is 6.92 Å². The van der Waals surface area contributed by atoms with Gasteiger partial charge in [0.2, 0.25) is 0 Å². The number of rotatable bonds is 1.